The first-order chi connectivity index (χ1) is 7.11. The van der Waals surface area contributed by atoms with Crippen LogP contribution in [0.25, 0.3) is 10.9 Å². The van der Waals surface area contributed by atoms with Crippen molar-refractivity contribution in [2.24, 2.45) is 0 Å². The Hall–Kier alpha value is -1.57. The first-order valence-electron chi connectivity index (χ1n) is 5.25. The molecule has 0 aliphatic heterocycles. The van der Waals surface area contributed by atoms with Gasteiger partial charge in [0.05, 0.1) is 5.52 Å². The molecule has 78 valence electrons. The summed E-state index contributed by atoms with van der Waals surface area (Å²) in [5, 5.41) is 0.796. The van der Waals surface area contributed by atoms with E-state index < -0.39 is 0 Å². The van der Waals surface area contributed by atoms with Crippen molar-refractivity contribution in [3.63, 3.8) is 0 Å². The van der Waals surface area contributed by atoms with Crippen LogP contribution in [0.3, 0.4) is 0 Å². The third kappa shape index (κ3) is 1.67. The highest BCUT2D eigenvalue weighted by Gasteiger charge is 2.04. The van der Waals surface area contributed by atoms with Crippen molar-refractivity contribution in [1.82, 2.24) is 4.98 Å². The van der Waals surface area contributed by atoms with E-state index in [4.69, 9.17) is 0 Å². The second-order valence-corrected chi connectivity index (χ2v) is 4.02. The average Bonchev–Trinajstić information content (AvgIpc) is 2.19. The Bertz CT molecular complexity index is 566. The van der Waals surface area contributed by atoms with Gasteiger partial charge in [-0.2, -0.15) is 0 Å². The molecule has 1 N–H and O–H groups in total. The minimum atomic E-state index is 0.118. The lowest BCUT2D eigenvalue weighted by atomic mass is 10.1. The molecule has 0 bridgehead atoms. The highest BCUT2D eigenvalue weighted by molar-refractivity contribution is 5.82. The number of pyridine rings is 1. The number of hydrogen-bond donors (Lipinski definition) is 1. The van der Waals surface area contributed by atoms with Gasteiger partial charge in [-0.25, -0.2) is 0 Å². The first kappa shape index (κ1) is 9.97. The smallest absolute Gasteiger partial charge is 0.189 e. The Morgan fingerprint density at radius 2 is 1.93 bits per heavy atom. The molecule has 2 nitrogen and oxygen atoms in total. The summed E-state index contributed by atoms with van der Waals surface area (Å²) in [6.07, 6.45) is 0.860. The molecule has 2 aromatic rings. The van der Waals surface area contributed by atoms with Crippen LogP contribution >= 0.6 is 0 Å². The zero-order valence-electron chi connectivity index (χ0n) is 9.35. The molecule has 0 radical (unpaired) electrons. The highest BCUT2D eigenvalue weighted by Crippen LogP contribution is 2.16. The molecule has 2 heteroatoms. The summed E-state index contributed by atoms with van der Waals surface area (Å²) >= 11 is 0. The Balaban J connectivity index is 2.91. The van der Waals surface area contributed by atoms with Gasteiger partial charge in [0.15, 0.2) is 5.43 Å². The molecule has 0 saturated heterocycles. The van der Waals surface area contributed by atoms with Gasteiger partial charge < -0.3 is 4.98 Å². The molecule has 1 aromatic heterocycles. The summed E-state index contributed by atoms with van der Waals surface area (Å²) in [6.45, 7) is 6.09. The van der Waals surface area contributed by atoms with E-state index in [-0.39, 0.29) is 5.43 Å². The standard InChI is InChI=1S/C13H15NO/c1-4-10-7-12(15)11-6-8(2)5-9(3)13(11)14-10/h5-7H,4H2,1-3H3,(H,14,15). The van der Waals surface area contributed by atoms with Crippen LogP contribution in [0, 0.1) is 13.8 Å². The van der Waals surface area contributed by atoms with Crippen molar-refractivity contribution in [2.75, 3.05) is 0 Å². The summed E-state index contributed by atoms with van der Waals surface area (Å²) in [6, 6.07) is 5.74. The molecule has 0 atom stereocenters. The van der Waals surface area contributed by atoms with Gasteiger partial charge in [-0.15, -0.1) is 0 Å². The lowest BCUT2D eigenvalue weighted by molar-refractivity contribution is 1.05. The van der Waals surface area contributed by atoms with Crippen LogP contribution in [-0.2, 0) is 6.42 Å². The number of aromatic amines is 1. The molecular weight excluding hydrogens is 186 g/mol. The Labute approximate surface area is 89.0 Å². The van der Waals surface area contributed by atoms with Crippen LogP contribution < -0.4 is 5.43 Å². The zero-order chi connectivity index (χ0) is 11.0. The summed E-state index contributed by atoms with van der Waals surface area (Å²) in [5.74, 6) is 0. The van der Waals surface area contributed by atoms with E-state index in [2.05, 4.69) is 11.1 Å². The van der Waals surface area contributed by atoms with Gasteiger partial charge in [0, 0.05) is 17.1 Å². The van der Waals surface area contributed by atoms with Gasteiger partial charge in [0.2, 0.25) is 0 Å². The number of aryl methyl sites for hydroxylation is 3. The maximum atomic E-state index is 11.8. The Morgan fingerprint density at radius 1 is 1.20 bits per heavy atom. The van der Waals surface area contributed by atoms with E-state index in [0.29, 0.717) is 0 Å². The molecule has 1 aromatic carbocycles. The molecule has 0 spiro atoms. The largest absolute Gasteiger partial charge is 0.358 e. The zero-order valence-corrected chi connectivity index (χ0v) is 9.35. The van der Waals surface area contributed by atoms with Crippen LogP contribution in [0.5, 0.6) is 0 Å². The second-order valence-electron chi connectivity index (χ2n) is 4.02. The molecule has 1 heterocycles. The van der Waals surface area contributed by atoms with E-state index in [1.165, 1.54) is 0 Å². The minimum Gasteiger partial charge on any atom is -0.358 e. The SMILES string of the molecule is CCc1cc(=O)c2cc(C)cc(C)c2[nH]1. The maximum Gasteiger partial charge on any atom is 0.189 e. The number of hydrogen-bond acceptors (Lipinski definition) is 1. The van der Waals surface area contributed by atoms with Gasteiger partial charge in [-0.05, 0) is 37.5 Å². The van der Waals surface area contributed by atoms with Crippen LogP contribution in [0.4, 0.5) is 0 Å². The third-order valence-electron chi connectivity index (χ3n) is 2.72. The highest BCUT2D eigenvalue weighted by atomic mass is 16.1. The number of H-pyrrole nitrogens is 1. The van der Waals surface area contributed by atoms with Crippen molar-refractivity contribution < 1.29 is 0 Å². The lowest BCUT2D eigenvalue weighted by Gasteiger charge is -2.06. The molecule has 0 amide bonds. The normalized spacial score (nSPS) is 10.9. The number of fused-ring (bicyclic) bond motifs is 1. The molecular formula is C13H15NO. The molecule has 0 unspecified atom stereocenters. The van der Waals surface area contributed by atoms with Crippen molar-refractivity contribution in [2.45, 2.75) is 27.2 Å². The quantitative estimate of drug-likeness (QED) is 0.756. The van der Waals surface area contributed by atoms with E-state index in [0.717, 1.165) is 34.1 Å². The lowest BCUT2D eigenvalue weighted by Crippen LogP contribution is -2.05. The fraction of sp³-hybridized carbons (Fsp3) is 0.308. The van der Waals surface area contributed by atoms with Crippen molar-refractivity contribution in [3.05, 3.63) is 45.2 Å². The van der Waals surface area contributed by atoms with Gasteiger partial charge in [0.1, 0.15) is 0 Å². The van der Waals surface area contributed by atoms with E-state index in [9.17, 15) is 4.79 Å². The van der Waals surface area contributed by atoms with Crippen molar-refractivity contribution in [1.29, 1.82) is 0 Å². The van der Waals surface area contributed by atoms with Gasteiger partial charge in [0.25, 0.3) is 0 Å². The number of benzene rings is 1. The van der Waals surface area contributed by atoms with Gasteiger partial charge in [-0.3, -0.25) is 4.79 Å². The van der Waals surface area contributed by atoms with Crippen molar-refractivity contribution in [3.8, 4) is 0 Å². The van der Waals surface area contributed by atoms with Crippen LogP contribution in [-0.4, -0.2) is 4.98 Å². The molecule has 0 aliphatic rings. The summed E-state index contributed by atoms with van der Waals surface area (Å²) in [4.78, 5) is 15.2. The number of nitrogens with one attached hydrogen (secondary N) is 1. The van der Waals surface area contributed by atoms with E-state index in [1.54, 1.807) is 6.07 Å². The molecule has 0 fully saturated rings. The van der Waals surface area contributed by atoms with Crippen LogP contribution in [0.2, 0.25) is 0 Å². The Kier molecular flexibility index (Phi) is 2.35. The average molecular weight is 201 g/mol. The fourth-order valence-corrected chi connectivity index (χ4v) is 1.95. The van der Waals surface area contributed by atoms with E-state index >= 15 is 0 Å². The summed E-state index contributed by atoms with van der Waals surface area (Å²) in [7, 11) is 0. The summed E-state index contributed by atoms with van der Waals surface area (Å²) < 4.78 is 0. The monoisotopic (exact) mass is 201 g/mol. The molecule has 0 saturated carbocycles. The molecule has 15 heavy (non-hydrogen) atoms. The molecule has 2 rings (SSSR count). The Morgan fingerprint density at radius 3 is 2.60 bits per heavy atom. The summed E-state index contributed by atoms with van der Waals surface area (Å²) in [5.41, 5.74) is 4.36. The predicted molar refractivity (Wildman–Crippen MR) is 63.4 cm³/mol. The molecule has 0 aliphatic carbocycles. The van der Waals surface area contributed by atoms with E-state index in [1.807, 2.05) is 26.8 Å². The predicted octanol–water partition coefficient (Wildman–Crippen LogP) is 2.71. The third-order valence-corrected chi connectivity index (χ3v) is 2.72. The van der Waals surface area contributed by atoms with Gasteiger partial charge >= 0.3 is 0 Å². The minimum absolute atomic E-state index is 0.118. The first-order valence-corrected chi connectivity index (χ1v) is 5.25. The fourth-order valence-electron chi connectivity index (χ4n) is 1.95. The van der Waals surface area contributed by atoms with Gasteiger partial charge in [-0.1, -0.05) is 13.0 Å². The maximum absolute atomic E-state index is 11.8. The number of aromatic nitrogens is 1. The topological polar surface area (TPSA) is 32.9 Å². The van der Waals surface area contributed by atoms with Crippen molar-refractivity contribution >= 4 is 10.9 Å². The van der Waals surface area contributed by atoms with Crippen LogP contribution in [0.15, 0.2) is 23.0 Å². The van der Waals surface area contributed by atoms with Crippen LogP contribution in [0.1, 0.15) is 23.7 Å². The number of rotatable bonds is 1. The second kappa shape index (κ2) is 3.54.